The second-order valence-corrected chi connectivity index (χ2v) is 5.72. The molecule has 5 nitrogen and oxygen atoms in total. The molecule has 3 rings (SSSR count). The molecule has 0 fully saturated rings. The van der Waals surface area contributed by atoms with Gasteiger partial charge in [0.15, 0.2) is 0 Å². The number of benzene rings is 2. The van der Waals surface area contributed by atoms with E-state index in [0.29, 0.717) is 5.02 Å². The lowest BCUT2D eigenvalue weighted by molar-refractivity contribution is -0.137. The predicted octanol–water partition coefficient (Wildman–Crippen LogP) is 5.06. The molecule has 0 aliphatic carbocycles. The Kier molecular flexibility index (Phi) is 4.37. The minimum Gasteiger partial charge on any atom is -0.475 e. The second kappa shape index (κ2) is 6.38. The highest BCUT2D eigenvalue weighted by atomic mass is 35.5. The maximum atomic E-state index is 12.6. The van der Waals surface area contributed by atoms with Crippen molar-refractivity contribution in [3.8, 4) is 0 Å². The van der Waals surface area contributed by atoms with Crippen LogP contribution in [0, 0.1) is 0 Å². The monoisotopic (exact) mass is 383 g/mol. The zero-order chi connectivity index (χ0) is 19.1. The van der Waals surface area contributed by atoms with Crippen LogP contribution in [0.4, 0.5) is 18.9 Å². The molecule has 1 aromatic heterocycles. The van der Waals surface area contributed by atoms with E-state index in [9.17, 15) is 27.9 Å². The Bertz CT molecular complexity index is 1010. The van der Waals surface area contributed by atoms with E-state index in [2.05, 4.69) is 5.32 Å². The molecule has 0 bridgehead atoms. The fraction of sp³-hybridized carbons (Fsp3) is 0.0588. The Morgan fingerprint density at radius 1 is 1.08 bits per heavy atom. The fourth-order valence-corrected chi connectivity index (χ4v) is 2.51. The van der Waals surface area contributed by atoms with Crippen LogP contribution in [0.3, 0.4) is 0 Å². The summed E-state index contributed by atoms with van der Waals surface area (Å²) in [7, 11) is 0. The van der Waals surface area contributed by atoms with E-state index < -0.39 is 29.4 Å². The second-order valence-electron chi connectivity index (χ2n) is 5.28. The van der Waals surface area contributed by atoms with Crippen molar-refractivity contribution in [2.24, 2.45) is 0 Å². The van der Waals surface area contributed by atoms with E-state index in [1.54, 1.807) is 0 Å². The SMILES string of the molecule is O=C(Nc1c(C(=O)O)oc2ccc(Cl)cc12)c1ccc(C(F)(F)F)cc1. The van der Waals surface area contributed by atoms with E-state index in [0.717, 1.165) is 24.3 Å². The third-order valence-corrected chi connectivity index (χ3v) is 3.79. The van der Waals surface area contributed by atoms with E-state index in [-0.39, 0.29) is 22.2 Å². The Labute approximate surface area is 149 Å². The summed E-state index contributed by atoms with van der Waals surface area (Å²) in [5.74, 6) is -2.72. The lowest BCUT2D eigenvalue weighted by Crippen LogP contribution is -2.14. The molecule has 134 valence electrons. The molecule has 2 aromatic carbocycles. The normalized spacial score (nSPS) is 11.5. The first-order chi connectivity index (χ1) is 12.2. The van der Waals surface area contributed by atoms with Gasteiger partial charge in [0.1, 0.15) is 11.3 Å². The molecule has 0 atom stereocenters. The average Bonchev–Trinajstić information content (AvgIpc) is 2.92. The number of carbonyl (C=O) groups is 2. The van der Waals surface area contributed by atoms with E-state index in [1.165, 1.54) is 18.2 Å². The number of fused-ring (bicyclic) bond motifs is 1. The van der Waals surface area contributed by atoms with Crippen LogP contribution in [-0.4, -0.2) is 17.0 Å². The first-order valence-corrected chi connectivity index (χ1v) is 7.48. The molecule has 0 saturated heterocycles. The van der Waals surface area contributed by atoms with Crippen LogP contribution in [0.15, 0.2) is 46.9 Å². The number of carbonyl (C=O) groups excluding carboxylic acids is 1. The number of carboxylic acid groups (broad SMARTS) is 1. The quantitative estimate of drug-likeness (QED) is 0.663. The van der Waals surface area contributed by atoms with Gasteiger partial charge in [-0.25, -0.2) is 4.79 Å². The molecule has 1 heterocycles. The third-order valence-electron chi connectivity index (χ3n) is 3.56. The lowest BCUT2D eigenvalue weighted by Gasteiger charge is -2.08. The van der Waals surface area contributed by atoms with Crippen LogP contribution >= 0.6 is 11.6 Å². The Balaban J connectivity index is 1.97. The summed E-state index contributed by atoms with van der Waals surface area (Å²) in [4.78, 5) is 23.7. The number of rotatable bonds is 3. The zero-order valence-corrected chi connectivity index (χ0v) is 13.5. The standard InChI is InChI=1S/C17H9ClF3NO4/c18-10-5-6-12-11(7-10)13(14(26-12)16(24)25)22-15(23)8-1-3-9(4-2-8)17(19,20)21/h1-7H,(H,22,23)(H,24,25). The van der Waals surface area contributed by atoms with Gasteiger partial charge in [0, 0.05) is 16.0 Å². The van der Waals surface area contributed by atoms with Crippen LogP contribution in [0.5, 0.6) is 0 Å². The first-order valence-electron chi connectivity index (χ1n) is 7.11. The van der Waals surface area contributed by atoms with Gasteiger partial charge < -0.3 is 14.8 Å². The van der Waals surface area contributed by atoms with Crippen molar-refractivity contribution in [3.63, 3.8) is 0 Å². The van der Waals surface area contributed by atoms with Crippen molar-refractivity contribution in [1.29, 1.82) is 0 Å². The van der Waals surface area contributed by atoms with E-state index in [4.69, 9.17) is 16.0 Å². The molecule has 9 heteroatoms. The maximum absolute atomic E-state index is 12.6. The van der Waals surface area contributed by atoms with Crippen LogP contribution in [-0.2, 0) is 6.18 Å². The molecule has 0 saturated carbocycles. The molecule has 0 radical (unpaired) electrons. The number of carboxylic acids is 1. The smallest absolute Gasteiger partial charge is 0.416 e. The van der Waals surface area contributed by atoms with E-state index >= 15 is 0 Å². The summed E-state index contributed by atoms with van der Waals surface area (Å²) in [6, 6.07) is 7.85. The summed E-state index contributed by atoms with van der Waals surface area (Å²) >= 11 is 5.88. The van der Waals surface area contributed by atoms with Crippen molar-refractivity contribution in [3.05, 3.63) is 64.4 Å². The van der Waals surface area contributed by atoms with Gasteiger partial charge >= 0.3 is 12.1 Å². The molecule has 0 aliphatic rings. The van der Waals surface area contributed by atoms with Gasteiger partial charge in [0.2, 0.25) is 5.76 Å². The van der Waals surface area contributed by atoms with Crippen molar-refractivity contribution in [2.75, 3.05) is 5.32 Å². The van der Waals surface area contributed by atoms with Crippen LogP contribution < -0.4 is 5.32 Å². The van der Waals surface area contributed by atoms with Crippen molar-refractivity contribution in [2.45, 2.75) is 6.18 Å². The Hall–Kier alpha value is -3.00. The highest BCUT2D eigenvalue weighted by molar-refractivity contribution is 6.31. The molecule has 26 heavy (non-hydrogen) atoms. The molecule has 2 N–H and O–H groups in total. The van der Waals surface area contributed by atoms with Gasteiger partial charge in [-0.05, 0) is 42.5 Å². The number of aromatic carboxylic acids is 1. The molecular weight excluding hydrogens is 375 g/mol. The van der Waals surface area contributed by atoms with Crippen molar-refractivity contribution >= 4 is 40.1 Å². The molecule has 0 unspecified atom stereocenters. The highest BCUT2D eigenvalue weighted by Crippen LogP contribution is 2.34. The number of hydrogen-bond acceptors (Lipinski definition) is 3. The number of anilines is 1. The minimum absolute atomic E-state index is 0.0780. The van der Waals surface area contributed by atoms with Crippen LogP contribution in [0.1, 0.15) is 26.5 Å². The number of hydrogen-bond donors (Lipinski definition) is 2. The van der Waals surface area contributed by atoms with Crippen LogP contribution in [0.2, 0.25) is 5.02 Å². The van der Waals surface area contributed by atoms with Gasteiger partial charge in [-0.2, -0.15) is 13.2 Å². The van der Waals surface area contributed by atoms with Crippen molar-refractivity contribution < 1.29 is 32.3 Å². The zero-order valence-electron chi connectivity index (χ0n) is 12.7. The minimum atomic E-state index is -4.52. The Morgan fingerprint density at radius 3 is 2.31 bits per heavy atom. The number of amides is 1. The molecular formula is C17H9ClF3NO4. The van der Waals surface area contributed by atoms with Gasteiger partial charge in [0.05, 0.1) is 5.56 Å². The third kappa shape index (κ3) is 3.36. The average molecular weight is 384 g/mol. The van der Waals surface area contributed by atoms with Gasteiger partial charge in [0.25, 0.3) is 5.91 Å². The van der Waals surface area contributed by atoms with Crippen LogP contribution in [0.25, 0.3) is 11.0 Å². The number of halogens is 4. The summed E-state index contributed by atoms with van der Waals surface area (Å²) in [6.07, 6.45) is -4.52. The van der Waals surface area contributed by atoms with Crippen molar-refractivity contribution in [1.82, 2.24) is 0 Å². The molecule has 3 aromatic rings. The lowest BCUT2D eigenvalue weighted by atomic mass is 10.1. The largest absolute Gasteiger partial charge is 0.475 e. The highest BCUT2D eigenvalue weighted by Gasteiger charge is 2.30. The maximum Gasteiger partial charge on any atom is 0.416 e. The summed E-state index contributed by atoms with van der Waals surface area (Å²) in [5.41, 5.74) is -0.916. The number of nitrogens with one attached hydrogen (secondary N) is 1. The topological polar surface area (TPSA) is 79.5 Å². The summed E-state index contributed by atoms with van der Waals surface area (Å²) in [5, 5.41) is 12.2. The molecule has 0 aliphatic heterocycles. The number of alkyl halides is 3. The van der Waals surface area contributed by atoms with Gasteiger partial charge in [-0.15, -0.1) is 0 Å². The van der Waals surface area contributed by atoms with Gasteiger partial charge in [-0.1, -0.05) is 11.6 Å². The molecule has 0 spiro atoms. The first kappa shape index (κ1) is 17.8. The summed E-state index contributed by atoms with van der Waals surface area (Å²) < 4.78 is 43.0. The van der Waals surface area contributed by atoms with Gasteiger partial charge in [-0.3, -0.25) is 4.79 Å². The summed E-state index contributed by atoms with van der Waals surface area (Å²) in [6.45, 7) is 0. The number of furan rings is 1. The Morgan fingerprint density at radius 2 is 1.73 bits per heavy atom. The van der Waals surface area contributed by atoms with E-state index in [1.807, 2.05) is 0 Å². The predicted molar refractivity (Wildman–Crippen MR) is 87.6 cm³/mol. The molecule has 1 amide bonds. The fourth-order valence-electron chi connectivity index (χ4n) is 2.34.